The summed E-state index contributed by atoms with van der Waals surface area (Å²) in [6.45, 7) is 0. The van der Waals surface area contributed by atoms with E-state index in [1.54, 1.807) is 18.2 Å². The van der Waals surface area contributed by atoms with E-state index in [-0.39, 0.29) is 11.5 Å². The molecule has 0 unspecified atom stereocenters. The number of hydrogen-bond acceptors (Lipinski definition) is 3. The van der Waals surface area contributed by atoms with Gasteiger partial charge >= 0.3 is 5.69 Å². The fourth-order valence-electron chi connectivity index (χ4n) is 2.56. The second kappa shape index (κ2) is 6.55. The Morgan fingerprint density at radius 3 is 1.83 bits per heavy atom. The van der Waals surface area contributed by atoms with E-state index < -0.39 is 16.4 Å². The summed E-state index contributed by atoms with van der Waals surface area (Å²) in [5.41, 5.74) is 7.11. The molecule has 4 rings (SSSR count). The minimum Gasteiger partial charge on any atom is -0.396 e. The maximum absolute atomic E-state index is 13.0. The number of nitrogens with two attached hydrogens (primary N) is 1. The highest BCUT2D eigenvalue weighted by atomic mass is 19.1. The zero-order valence-electron chi connectivity index (χ0n) is 13.0. The molecule has 0 radical (unpaired) electrons. The van der Waals surface area contributed by atoms with E-state index in [4.69, 9.17) is 5.73 Å². The summed E-state index contributed by atoms with van der Waals surface area (Å²) in [5, 5.41) is 10.3. The molecule has 126 valence electrons. The highest BCUT2D eigenvalue weighted by molar-refractivity contribution is 5.43. The molecule has 2 fully saturated rings. The fraction of sp³-hybridized carbons (Fsp3) is 0.333. The van der Waals surface area contributed by atoms with Gasteiger partial charge in [0.2, 0.25) is 5.82 Å². The van der Waals surface area contributed by atoms with Crippen molar-refractivity contribution in [2.45, 2.75) is 37.5 Å². The van der Waals surface area contributed by atoms with Crippen molar-refractivity contribution in [2.24, 2.45) is 0 Å². The molecule has 24 heavy (non-hydrogen) atoms. The minimum absolute atomic E-state index is 0.245. The highest BCUT2D eigenvalue weighted by Crippen LogP contribution is 2.41. The summed E-state index contributed by atoms with van der Waals surface area (Å²) in [4.78, 5) is 9.58. The quantitative estimate of drug-likeness (QED) is 0.494. The molecule has 0 atom stereocenters. The van der Waals surface area contributed by atoms with E-state index in [0.29, 0.717) is 11.8 Å². The lowest BCUT2D eigenvalue weighted by Crippen LogP contribution is -1.93. The third-order valence-corrected chi connectivity index (χ3v) is 4.29. The van der Waals surface area contributed by atoms with Gasteiger partial charge in [0.05, 0.1) is 10.6 Å². The van der Waals surface area contributed by atoms with Crippen molar-refractivity contribution in [3.63, 3.8) is 0 Å². The number of nitro groups is 1. The van der Waals surface area contributed by atoms with Gasteiger partial charge in [0, 0.05) is 6.07 Å². The van der Waals surface area contributed by atoms with Crippen LogP contribution in [0.25, 0.3) is 0 Å². The standard InChI is InChI=1S/C9H8FNO2.C9H10FN/c10-8-5-7(6-1-2-6)3-4-9(8)11(12)13;10-8-5-7(6-1-2-6)3-4-9(8)11/h3-6H,1-2H2;3-6H,1-2,11H2. The van der Waals surface area contributed by atoms with E-state index in [0.717, 1.165) is 24.0 Å². The molecule has 0 amide bonds. The summed E-state index contributed by atoms with van der Waals surface area (Å²) in [6, 6.07) is 9.25. The van der Waals surface area contributed by atoms with E-state index >= 15 is 0 Å². The first-order chi connectivity index (χ1) is 11.5. The van der Waals surface area contributed by atoms with E-state index in [2.05, 4.69) is 0 Å². The summed E-state index contributed by atoms with van der Waals surface area (Å²) in [6.07, 6.45) is 4.53. The van der Waals surface area contributed by atoms with Crippen molar-refractivity contribution in [3.05, 3.63) is 69.3 Å². The molecule has 0 aromatic heterocycles. The smallest absolute Gasteiger partial charge is 0.304 e. The van der Waals surface area contributed by atoms with Crippen LogP contribution in [0.4, 0.5) is 20.2 Å². The number of nitrogens with zero attached hydrogens (tertiary/aromatic N) is 1. The molecule has 2 aromatic carbocycles. The molecule has 0 heterocycles. The molecular weight excluding hydrogens is 314 g/mol. The van der Waals surface area contributed by atoms with Gasteiger partial charge < -0.3 is 5.73 Å². The third-order valence-electron chi connectivity index (χ3n) is 4.29. The third kappa shape index (κ3) is 3.88. The number of anilines is 1. The van der Waals surface area contributed by atoms with Crippen LogP contribution in [0, 0.1) is 21.7 Å². The lowest BCUT2D eigenvalue weighted by atomic mass is 10.1. The number of nitro benzene ring substituents is 1. The molecule has 6 heteroatoms. The normalized spacial score (nSPS) is 16.2. The van der Waals surface area contributed by atoms with Crippen LogP contribution in [-0.2, 0) is 0 Å². The van der Waals surface area contributed by atoms with E-state index in [1.807, 2.05) is 6.07 Å². The topological polar surface area (TPSA) is 69.2 Å². The summed E-state index contributed by atoms with van der Waals surface area (Å²) in [5.74, 6) is 0.0178. The lowest BCUT2D eigenvalue weighted by Gasteiger charge is -1.99. The van der Waals surface area contributed by atoms with Crippen LogP contribution in [0.5, 0.6) is 0 Å². The predicted molar refractivity (Wildman–Crippen MR) is 87.8 cm³/mol. The monoisotopic (exact) mass is 332 g/mol. The first-order valence-electron chi connectivity index (χ1n) is 7.94. The van der Waals surface area contributed by atoms with Crippen LogP contribution >= 0.6 is 0 Å². The van der Waals surface area contributed by atoms with Crippen molar-refractivity contribution in [1.82, 2.24) is 0 Å². The van der Waals surface area contributed by atoms with Crippen LogP contribution in [0.2, 0.25) is 0 Å². The van der Waals surface area contributed by atoms with Crippen LogP contribution in [0.3, 0.4) is 0 Å². The van der Waals surface area contributed by atoms with Gasteiger partial charge in [0.1, 0.15) is 5.82 Å². The van der Waals surface area contributed by atoms with Crippen molar-refractivity contribution in [3.8, 4) is 0 Å². The summed E-state index contributed by atoms with van der Waals surface area (Å²) in [7, 11) is 0. The zero-order chi connectivity index (χ0) is 17.3. The molecule has 4 nitrogen and oxygen atoms in total. The number of benzene rings is 2. The average Bonchev–Trinajstić information content (AvgIpc) is 3.42. The van der Waals surface area contributed by atoms with Crippen LogP contribution in [0.1, 0.15) is 48.6 Å². The van der Waals surface area contributed by atoms with Gasteiger partial charge in [-0.25, -0.2) is 4.39 Å². The molecule has 2 aromatic rings. The van der Waals surface area contributed by atoms with Crippen molar-refractivity contribution < 1.29 is 13.7 Å². The number of hydrogen-bond donors (Lipinski definition) is 1. The largest absolute Gasteiger partial charge is 0.396 e. The highest BCUT2D eigenvalue weighted by Gasteiger charge is 2.26. The van der Waals surface area contributed by atoms with Crippen molar-refractivity contribution in [1.29, 1.82) is 0 Å². The van der Waals surface area contributed by atoms with Crippen molar-refractivity contribution >= 4 is 11.4 Å². The van der Waals surface area contributed by atoms with Gasteiger partial charge in [-0.3, -0.25) is 10.1 Å². The molecule has 2 aliphatic carbocycles. The lowest BCUT2D eigenvalue weighted by molar-refractivity contribution is -0.387. The number of nitrogen functional groups attached to an aromatic ring is 1. The molecule has 2 N–H and O–H groups in total. The Labute approximate surface area is 138 Å². The van der Waals surface area contributed by atoms with Gasteiger partial charge in [-0.1, -0.05) is 12.1 Å². The molecule has 0 aliphatic heterocycles. The van der Waals surface area contributed by atoms with Crippen LogP contribution in [-0.4, -0.2) is 4.92 Å². The van der Waals surface area contributed by atoms with Gasteiger partial charge in [-0.15, -0.1) is 0 Å². The molecule has 0 spiro atoms. The van der Waals surface area contributed by atoms with E-state index in [9.17, 15) is 18.9 Å². The molecule has 2 saturated carbocycles. The molecule has 2 aliphatic rings. The maximum Gasteiger partial charge on any atom is 0.304 e. The first-order valence-corrected chi connectivity index (χ1v) is 7.94. The van der Waals surface area contributed by atoms with Crippen LogP contribution in [0.15, 0.2) is 36.4 Å². The fourth-order valence-corrected chi connectivity index (χ4v) is 2.56. The van der Waals surface area contributed by atoms with Gasteiger partial charge in [0.15, 0.2) is 0 Å². The Kier molecular flexibility index (Phi) is 4.46. The Hall–Kier alpha value is -2.50. The predicted octanol–water partition coefficient (Wildman–Crippen LogP) is 4.90. The van der Waals surface area contributed by atoms with Gasteiger partial charge in [-0.05, 0) is 66.8 Å². The first kappa shape index (κ1) is 16.4. The number of halogens is 2. The Bertz CT molecular complexity index is 772. The number of rotatable bonds is 3. The van der Waals surface area contributed by atoms with Crippen molar-refractivity contribution in [2.75, 3.05) is 5.73 Å². The second-order valence-corrected chi connectivity index (χ2v) is 6.30. The summed E-state index contributed by atoms with van der Waals surface area (Å²) >= 11 is 0. The molecular formula is C18H18F2N2O2. The molecule has 0 saturated heterocycles. The minimum atomic E-state index is -0.727. The maximum atomic E-state index is 13.0. The zero-order valence-corrected chi connectivity index (χ0v) is 13.0. The van der Waals surface area contributed by atoms with E-state index in [1.165, 1.54) is 25.0 Å². The Balaban J connectivity index is 0.000000143. The molecule has 0 bridgehead atoms. The Morgan fingerprint density at radius 1 is 0.917 bits per heavy atom. The average molecular weight is 332 g/mol. The van der Waals surface area contributed by atoms with Gasteiger partial charge in [0.25, 0.3) is 0 Å². The second-order valence-electron chi connectivity index (χ2n) is 6.30. The summed E-state index contributed by atoms with van der Waals surface area (Å²) < 4.78 is 25.9. The van der Waals surface area contributed by atoms with Gasteiger partial charge in [-0.2, -0.15) is 4.39 Å². The SMILES string of the molecule is Nc1ccc(C2CC2)cc1F.O=[N+]([O-])c1ccc(C2CC2)cc1F. The van der Waals surface area contributed by atoms with Crippen LogP contribution < -0.4 is 5.73 Å². The Morgan fingerprint density at radius 2 is 1.42 bits per heavy atom.